The molecule has 1 aliphatic heterocycles. The number of anilines is 1. The highest BCUT2D eigenvalue weighted by Crippen LogP contribution is 2.25. The number of nitrogens with zero attached hydrogens (tertiary/aromatic N) is 1. The van der Waals surface area contributed by atoms with Gasteiger partial charge in [-0.15, -0.1) is 0 Å². The van der Waals surface area contributed by atoms with Crippen LogP contribution in [0.5, 0.6) is 5.75 Å². The summed E-state index contributed by atoms with van der Waals surface area (Å²) in [4.78, 5) is 26.8. The summed E-state index contributed by atoms with van der Waals surface area (Å²) in [5, 5.41) is 2.97. The first-order valence-corrected chi connectivity index (χ1v) is 8.90. The van der Waals surface area contributed by atoms with Gasteiger partial charge in [0.25, 0.3) is 5.91 Å². The summed E-state index contributed by atoms with van der Waals surface area (Å²) >= 11 is 0. The zero-order valence-corrected chi connectivity index (χ0v) is 15.4. The number of para-hydroxylation sites is 1. The van der Waals surface area contributed by atoms with Crippen LogP contribution in [-0.4, -0.2) is 31.0 Å². The predicted octanol–water partition coefficient (Wildman–Crippen LogP) is 3.24. The van der Waals surface area contributed by atoms with Crippen molar-refractivity contribution >= 4 is 17.5 Å². The Morgan fingerprint density at radius 3 is 2.69 bits per heavy atom. The molecule has 0 unspecified atom stereocenters. The Morgan fingerprint density at radius 1 is 1.19 bits per heavy atom. The smallest absolute Gasteiger partial charge is 0.255 e. The Bertz CT molecular complexity index is 832. The van der Waals surface area contributed by atoms with Gasteiger partial charge >= 0.3 is 0 Å². The van der Waals surface area contributed by atoms with E-state index in [1.165, 1.54) is 5.56 Å². The standard InChI is InChI=1S/C21H24N2O3/c1-4-26-19-8-6-5-7-18(19)21(25)22-16-12-20(24)23(13-16)17-10-9-14(2)15(3)11-17/h5-11,16H,4,12-13H2,1-3H3,(H,22,25)/t16-/m0/s1. The molecule has 136 valence electrons. The molecule has 0 saturated carbocycles. The Labute approximate surface area is 154 Å². The van der Waals surface area contributed by atoms with E-state index in [0.717, 1.165) is 11.3 Å². The van der Waals surface area contributed by atoms with Gasteiger partial charge in [-0.25, -0.2) is 0 Å². The van der Waals surface area contributed by atoms with Crippen LogP contribution in [0.4, 0.5) is 5.69 Å². The number of nitrogens with one attached hydrogen (secondary N) is 1. The van der Waals surface area contributed by atoms with E-state index in [1.54, 1.807) is 23.1 Å². The number of aryl methyl sites for hydroxylation is 2. The molecule has 1 fully saturated rings. The van der Waals surface area contributed by atoms with Crippen LogP contribution in [-0.2, 0) is 4.79 Å². The summed E-state index contributed by atoms with van der Waals surface area (Å²) in [5.41, 5.74) is 3.71. The Kier molecular flexibility index (Phi) is 5.26. The van der Waals surface area contributed by atoms with Crippen molar-refractivity contribution in [3.63, 3.8) is 0 Å². The molecule has 2 amide bonds. The first kappa shape index (κ1) is 18.0. The van der Waals surface area contributed by atoms with Crippen LogP contribution in [0.15, 0.2) is 42.5 Å². The van der Waals surface area contributed by atoms with E-state index in [9.17, 15) is 9.59 Å². The van der Waals surface area contributed by atoms with Crippen molar-refractivity contribution < 1.29 is 14.3 Å². The molecule has 1 saturated heterocycles. The maximum Gasteiger partial charge on any atom is 0.255 e. The molecule has 26 heavy (non-hydrogen) atoms. The highest BCUT2D eigenvalue weighted by Gasteiger charge is 2.32. The molecule has 5 heteroatoms. The average Bonchev–Trinajstić information content (AvgIpc) is 2.98. The molecule has 1 heterocycles. The maximum absolute atomic E-state index is 12.6. The third-order valence-corrected chi connectivity index (χ3v) is 4.69. The third kappa shape index (κ3) is 3.72. The van der Waals surface area contributed by atoms with Crippen molar-refractivity contribution in [3.8, 4) is 5.75 Å². The molecule has 0 aliphatic carbocycles. The Hall–Kier alpha value is -2.82. The van der Waals surface area contributed by atoms with Crippen molar-refractivity contribution in [2.75, 3.05) is 18.1 Å². The van der Waals surface area contributed by atoms with Crippen molar-refractivity contribution in [1.82, 2.24) is 5.32 Å². The van der Waals surface area contributed by atoms with E-state index in [0.29, 0.717) is 30.9 Å². The molecule has 2 aromatic rings. The third-order valence-electron chi connectivity index (χ3n) is 4.69. The van der Waals surface area contributed by atoms with E-state index in [-0.39, 0.29) is 17.9 Å². The van der Waals surface area contributed by atoms with Crippen molar-refractivity contribution in [3.05, 3.63) is 59.2 Å². The number of carbonyl (C=O) groups excluding carboxylic acids is 2. The zero-order chi connectivity index (χ0) is 18.7. The lowest BCUT2D eigenvalue weighted by atomic mass is 10.1. The van der Waals surface area contributed by atoms with Gasteiger partial charge in [-0.3, -0.25) is 9.59 Å². The molecule has 3 rings (SSSR count). The number of benzene rings is 2. The minimum absolute atomic E-state index is 0.0247. The summed E-state index contributed by atoms with van der Waals surface area (Å²) in [6.45, 7) is 6.93. The van der Waals surface area contributed by atoms with Gasteiger partial charge in [0.15, 0.2) is 0 Å². The second-order valence-corrected chi connectivity index (χ2v) is 6.58. The van der Waals surface area contributed by atoms with Gasteiger partial charge in [0.2, 0.25) is 5.91 Å². The largest absolute Gasteiger partial charge is 0.493 e. The quantitative estimate of drug-likeness (QED) is 0.899. The van der Waals surface area contributed by atoms with E-state index < -0.39 is 0 Å². The van der Waals surface area contributed by atoms with Crippen LogP contribution in [0.2, 0.25) is 0 Å². The number of amides is 2. The van der Waals surface area contributed by atoms with E-state index in [1.807, 2.05) is 45.0 Å². The number of hydrogen-bond donors (Lipinski definition) is 1. The summed E-state index contributed by atoms with van der Waals surface area (Å²) < 4.78 is 5.52. The lowest BCUT2D eigenvalue weighted by Crippen LogP contribution is -2.37. The lowest BCUT2D eigenvalue weighted by molar-refractivity contribution is -0.117. The maximum atomic E-state index is 12.6. The van der Waals surface area contributed by atoms with Crippen LogP contribution in [0.25, 0.3) is 0 Å². The highest BCUT2D eigenvalue weighted by molar-refractivity contribution is 6.00. The molecule has 2 aromatic carbocycles. The van der Waals surface area contributed by atoms with Gasteiger partial charge in [0.1, 0.15) is 5.75 Å². The molecule has 1 N–H and O–H groups in total. The van der Waals surface area contributed by atoms with Gasteiger partial charge in [-0.2, -0.15) is 0 Å². The minimum Gasteiger partial charge on any atom is -0.493 e. The first-order valence-electron chi connectivity index (χ1n) is 8.90. The molecular formula is C21H24N2O3. The summed E-state index contributed by atoms with van der Waals surface area (Å²) in [5.74, 6) is 0.369. The van der Waals surface area contributed by atoms with Crippen LogP contribution >= 0.6 is 0 Å². The monoisotopic (exact) mass is 352 g/mol. The number of hydrogen-bond acceptors (Lipinski definition) is 3. The number of ether oxygens (including phenoxy) is 1. The normalized spacial score (nSPS) is 16.7. The Morgan fingerprint density at radius 2 is 1.96 bits per heavy atom. The van der Waals surface area contributed by atoms with Crippen molar-refractivity contribution in [2.45, 2.75) is 33.2 Å². The molecule has 0 radical (unpaired) electrons. The van der Waals surface area contributed by atoms with E-state index in [2.05, 4.69) is 5.32 Å². The number of rotatable bonds is 5. The molecule has 0 spiro atoms. The van der Waals surface area contributed by atoms with Crippen LogP contribution in [0.1, 0.15) is 34.8 Å². The average molecular weight is 352 g/mol. The molecular weight excluding hydrogens is 328 g/mol. The number of carbonyl (C=O) groups is 2. The van der Waals surface area contributed by atoms with E-state index >= 15 is 0 Å². The SMILES string of the molecule is CCOc1ccccc1C(=O)N[C@H]1CC(=O)N(c2ccc(C)c(C)c2)C1. The predicted molar refractivity (Wildman–Crippen MR) is 102 cm³/mol. The fraction of sp³-hybridized carbons (Fsp3) is 0.333. The molecule has 0 bridgehead atoms. The van der Waals surface area contributed by atoms with Crippen molar-refractivity contribution in [1.29, 1.82) is 0 Å². The lowest BCUT2D eigenvalue weighted by Gasteiger charge is -2.19. The molecule has 0 aromatic heterocycles. The first-order chi connectivity index (χ1) is 12.5. The second kappa shape index (κ2) is 7.60. The Balaban J connectivity index is 1.71. The molecule has 1 aliphatic rings. The fourth-order valence-electron chi connectivity index (χ4n) is 3.15. The van der Waals surface area contributed by atoms with Gasteiger partial charge in [-0.05, 0) is 56.2 Å². The molecule has 5 nitrogen and oxygen atoms in total. The summed E-state index contributed by atoms with van der Waals surface area (Å²) in [7, 11) is 0. The van der Waals surface area contributed by atoms with Crippen molar-refractivity contribution in [2.24, 2.45) is 0 Å². The van der Waals surface area contributed by atoms with Gasteiger partial charge in [0.05, 0.1) is 18.2 Å². The van der Waals surface area contributed by atoms with Gasteiger partial charge in [0, 0.05) is 18.7 Å². The van der Waals surface area contributed by atoms with Crippen LogP contribution < -0.4 is 15.0 Å². The van der Waals surface area contributed by atoms with Crippen LogP contribution in [0.3, 0.4) is 0 Å². The summed E-state index contributed by atoms with van der Waals surface area (Å²) in [6.07, 6.45) is 0.301. The summed E-state index contributed by atoms with van der Waals surface area (Å²) in [6, 6.07) is 12.9. The molecule has 1 atom stereocenters. The van der Waals surface area contributed by atoms with Gasteiger partial charge < -0.3 is 15.0 Å². The highest BCUT2D eigenvalue weighted by atomic mass is 16.5. The minimum atomic E-state index is -0.216. The second-order valence-electron chi connectivity index (χ2n) is 6.58. The van der Waals surface area contributed by atoms with E-state index in [4.69, 9.17) is 4.74 Å². The fourth-order valence-corrected chi connectivity index (χ4v) is 3.15. The van der Waals surface area contributed by atoms with Crippen LogP contribution in [0, 0.1) is 13.8 Å². The topological polar surface area (TPSA) is 58.6 Å². The van der Waals surface area contributed by atoms with Gasteiger partial charge in [-0.1, -0.05) is 18.2 Å². The zero-order valence-electron chi connectivity index (χ0n) is 15.4.